The van der Waals surface area contributed by atoms with E-state index in [9.17, 15) is 41.3 Å². The number of rotatable bonds is 3. The third-order valence-electron chi connectivity index (χ3n) is 4.09. The highest BCUT2D eigenvalue weighted by Gasteiger charge is 2.42. The second kappa shape index (κ2) is 6.21. The van der Waals surface area contributed by atoms with E-state index in [1.54, 1.807) is 0 Å². The summed E-state index contributed by atoms with van der Waals surface area (Å²) in [6.45, 7) is 0. The van der Waals surface area contributed by atoms with Crippen molar-refractivity contribution in [2.45, 2.75) is 31.2 Å². The van der Waals surface area contributed by atoms with E-state index in [0.717, 1.165) is 0 Å². The van der Waals surface area contributed by atoms with Crippen molar-refractivity contribution in [1.82, 2.24) is 9.55 Å². The first-order valence-electron chi connectivity index (χ1n) is 7.67. The van der Waals surface area contributed by atoms with Gasteiger partial charge in [-0.05, 0) is 18.9 Å². The number of nitrogens with zero attached hydrogens (tertiary/aromatic N) is 3. The van der Waals surface area contributed by atoms with E-state index >= 15 is 0 Å². The number of hydrogen-bond acceptors (Lipinski definition) is 5. The average Bonchev–Trinajstić information content (AvgIpc) is 3.39. The van der Waals surface area contributed by atoms with E-state index in [1.807, 2.05) is 0 Å². The van der Waals surface area contributed by atoms with Crippen LogP contribution in [-0.2, 0) is 12.4 Å². The van der Waals surface area contributed by atoms with Crippen molar-refractivity contribution in [3.8, 4) is 11.4 Å². The molecular formula is C15H10F6N4O3. The van der Waals surface area contributed by atoms with Crippen molar-refractivity contribution in [3.05, 3.63) is 49.9 Å². The summed E-state index contributed by atoms with van der Waals surface area (Å²) in [5.41, 5.74) is -2.48. The van der Waals surface area contributed by atoms with Crippen LogP contribution in [0.4, 0.5) is 37.7 Å². The van der Waals surface area contributed by atoms with Gasteiger partial charge in [-0.3, -0.25) is 19.5 Å². The van der Waals surface area contributed by atoms with E-state index in [4.69, 9.17) is 5.73 Å². The number of hydrogen-bond donors (Lipinski definition) is 1. The summed E-state index contributed by atoms with van der Waals surface area (Å²) in [4.78, 5) is 25.3. The SMILES string of the molecule is Nc1c(C(F)(F)F)nc(-c2ccc([N+](=O)[O-])cc2C(F)(F)F)n(C2CC2)c1=O. The molecule has 0 atom stereocenters. The van der Waals surface area contributed by atoms with E-state index in [2.05, 4.69) is 4.98 Å². The average molecular weight is 408 g/mol. The number of nitro groups is 1. The number of benzene rings is 1. The molecule has 0 radical (unpaired) electrons. The number of alkyl halides is 6. The van der Waals surface area contributed by atoms with Crippen LogP contribution in [0, 0.1) is 10.1 Å². The Kier molecular flexibility index (Phi) is 4.35. The Bertz CT molecular complexity index is 1020. The number of halogens is 6. The Balaban J connectivity index is 2.39. The number of nitrogen functional groups attached to an aromatic ring is 1. The molecular weight excluding hydrogens is 398 g/mol. The van der Waals surface area contributed by atoms with Crippen molar-refractivity contribution in [1.29, 1.82) is 0 Å². The third-order valence-corrected chi connectivity index (χ3v) is 4.09. The largest absolute Gasteiger partial charge is 0.435 e. The minimum Gasteiger partial charge on any atom is -0.392 e. The molecule has 2 aromatic rings. The van der Waals surface area contributed by atoms with Gasteiger partial charge >= 0.3 is 12.4 Å². The molecule has 28 heavy (non-hydrogen) atoms. The van der Waals surface area contributed by atoms with Gasteiger partial charge < -0.3 is 5.73 Å². The van der Waals surface area contributed by atoms with Crippen LogP contribution in [0.3, 0.4) is 0 Å². The second-order valence-electron chi connectivity index (χ2n) is 6.09. The monoisotopic (exact) mass is 408 g/mol. The molecule has 1 aromatic carbocycles. The van der Waals surface area contributed by atoms with Gasteiger partial charge in [-0.25, -0.2) is 4.98 Å². The van der Waals surface area contributed by atoms with Crippen LogP contribution in [0.25, 0.3) is 11.4 Å². The Morgan fingerprint density at radius 3 is 2.21 bits per heavy atom. The zero-order valence-corrected chi connectivity index (χ0v) is 13.6. The smallest absolute Gasteiger partial charge is 0.392 e. The molecule has 0 unspecified atom stereocenters. The van der Waals surface area contributed by atoms with Gasteiger partial charge in [0.05, 0.1) is 10.5 Å². The maximum Gasteiger partial charge on any atom is 0.435 e. The first-order chi connectivity index (χ1) is 12.8. The molecule has 1 aliphatic rings. The quantitative estimate of drug-likeness (QED) is 0.473. The molecule has 1 heterocycles. The topological polar surface area (TPSA) is 104 Å². The Hall–Kier alpha value is -3.12. The summed E-state index contributed by atoms with van der Waals surface area (Å²) in [6.07, 6.45) is -9.64. The first kappa shape index (κ1) is 19.6. The Labute approximate surface area is 151 Å². The first-order valence-corrected chi connectivity index (χ1v) is 7.67. The van der Waals surface area contributed by atoms with Crippen molar-refractivity contribution < 1.29 is 31.3 Å². The number of aromatic nitrogens is 2. The number of nitro benzene ring substituents is 1. The zero-order valence-electron chi connectivity index (χ0n) is 13.6. The summed E-state index contributed by atoms with van der Waals surface area (Å²) in [6, 6.07) is 0.841. The van der Waals surface area contributed by atoms with E-state index in [-0.39, 0.29) is 6.07 Å². The van der Waals surface area contributed by atoms with E-state index in [1.165, 1.54) is 0 Å². The van der Waals surface area contributed by atoms with Gasteiger partial charge in [0.1, 0.15) is 11.5 Å². The van der Waals surface area contributed by atoms with Gasteiger partial charge in [0, 0.05) is 23.7 Å². The minimum absolute atomic E-state index is 0.183. The molecule has 7 nitrogen and oxygen atoms in total. The summed E-state index contributed by atoms with van der Waals surface area (Å²) in [7, 11) is 0. The highest BCUT2D eigenvalue weighted by molar-refractivity contribution is 5.66. The molecule has 1 aliphatic carbocycles. The Morgan fingerprint density at radius 1 is 1.14 bits per heavy atom. The molecule has 0 bridgehead atoms. The molecule has 0 amide bonds. The predicted molar refractivity (Wildman–Crippen MR) is 83.3 cm³/mol. The van der Waals surface area contributed by atoms with Gasteiger partial charge in [0.2, 0.25) is 0 Å². The van der Waals surface area contributed by atoms with Crippen LogP contribution >= 0.6 is 0 Å². The molecule has 150 valence electrons. The van der Waals surface area contributed by atoms with Crippen LogP contribution in [0.2, 0.25) is 0 Å². The lowest BCUT2D eigenvalue weighted by atomic mass is 10.0. The highest BCUT2D eigenvalue weighted by atomic mass is 19.4. The predicted octanol–water partition coefficient (Wildman–Crippen LogP) is 3.77. The third kappa shape index (κ3) is 3.39. The van der Waals surface area contributed by atoms with Crippen LogP contribution in [0.15, 0.2) is 23.0 Å². The van der Waals surface area contributed by atoms with Gasteiger partial charge in [-0.1, -0.05) is 0 Å². The van der Waals surface area contributed by atoms with E-state index in [0.29, 0.717) is 29.5 Å². The zero-order chi connectivity index (χ0) is 21.0. The fraction of sp³-hybridized carbons (Fsp3) is 0.333. The van der Waals surface area contributed by atoms with Gasteiger partial charge in [0.25, 0.3) is 11.2 Å². The second-order valence-corrected chi connectivity index (χ2v) is 6.09. The molecule has 3 rings (SSSR count). The van der Waals surface area contributed by atoms with Crippen molar-refractivity contribution >= 4 is 11.4 Å². The van der Waals surface area contributed by atoms with Gasteiger partial charge in [-0.15, -0.1) is 0 Å². The van der Waals surface area contributed by atoms with Gasteiger partial charge in [-0.2, -0.15) is 26.3 Å². The summed E-state index contributed by atoms with van der Waals surface area (Å²) >= 11 is 0. The molecule has 1 aromatic heterocycles. The highest BCUT2D eigenvalue weighted by Crippen LogP contribution is 2.43. The summed E-state index contributed by atoms with van der Waals surface area (Å²) < 4.78 is 80.6. The molecule has 2 N–H and O–H groups in total. The van der Waals surface area contributed by atoms with Crippen molar-refractivity contribution in [2.75, 3.05) is 5.73 Å². The summed E-state index contributed by atoms with van der Waals surface area (Å²) in [5.74, 6) is -0.892. The van der Waals surface area contributed by atoms with E-state index < -0.39 is 62.9 Å². The van der Waals surface area contributed by atoms with Crippen molar-refractivity contribution in [2.24, 2.45) is 0 Å². The Morgan fingerprint density at radius 2 is 1.75 bits per heavy atom. The molecule has 1 fully saturated rings. The molecule has 0 spiro atoms. The molecule has 1 saturated carbocycles. The fourth-order valence-electron chi connectivity index (χ4n) is 2.70. The lowest BCUT2D eigenvalue weighted by molar-refractivity contribution is -0.385. The maximum atomic E-state index is 13.5. The molecule has 0 aliphatic heterocycles. The normalized spacial score (nSPS) is 14.9. The maximum absolute atomic E-state index is 13.5. The van der Waals surface area contributed by atoms with Gasteiger partial charge in [0.15, 0.2) is 5.69 Å². The van der Waals surface area contributed by atoms with Crippen molar-refractivity contribution in [3.63, 3.8) is 0 Å². The minimum atomic E-state index is -5.18. The lowest BCUT2D eigenvalue weighted by Crippen LogP contribution is -2.30. The summed E-state index contributed by atoms with van der Waals surface area (Å²) in [5, 5.41) is 10.8. The number of nitrogens with two attached hydrogens (primary N) is 1. The van der Waals surface area contributed by atoms with Crippen LogP contribution < -0.4 is 11.3 Å². The van der Waals surface area contributed by atoms with Crippen LogP contribution in [0.1, 0.15) is 30.1 Å². The lowest BCUT2D eigenvalue weighted by Gasteiger charge is -2.19. The molecule has 13 heteroatoms. The fourth-order valence-corrected chi connectivity index (χ4v) is 2.70. The van der Waals surface area contributed by atoms with Crippen LogP contribution in [0.5, 0.6) is 0 Å². The molecule has 0 saturated heterocycles. The van der Waals surface area contributed by atoms with Crippen LogP contribution in [-0.4, -0.2) is 14.5 Å². The number of anilines is 1. The standard InChI is InChI=1S/C15H10F6N4O3/c16-14(17,18)9-5-7(25(27)28)3-4-8(9)12-23-11(15(19,20)21)10(22)13(26)24(12)6-1-2-6/h3-6H,1-2,22H2. The number of non-ortho nitro benzene ring substituents is 1.